The average Bonchev–Trinajstić information content (AvgIpc) is 2.54. The fraction of sp³-hybridized carbons (Fsp3) is 0.333. The number of benzene rings is 1. The molecular formula is C18H23N3O2. The number of nitrogens with one attached hydrogen (secondary N) is 2. The summed E-state index contributed by atoms with van der Waals surface area (Å²) < 4.78 is 5.59. The summed E-state index contributed by atoms with van der Waals surface area (Å²) in [5.74, 6) is 0.831. The van der Waals surface area contributed by atoms with Crippen LogP contribution < -0.4 is 15.4 Å². The van der Waals surface area contributed by atoms with Gasteiger partial charge >= 0.3 is 6.03 Å². The third kappa shape index (κ3) is 5.62. The fourth-order valence-corrected chi connectivity index (χ4v) is 2.09. The number of ether oxygens (including phenoxy) is 1. The molecule has 0 aliphatic heterocycles. The molecule has 1 aromatic heterocycles. The van der Waals surface area contributed by atoms with E-state index in [0.717, 1.165) is 17.0 Å². The lowest BCUT2D eigenvalue weighted by Crippen LogP contribution is -2.36. The predicted molar refractivity (Wildman–Crippen MR) is 90.2 cm³/mol. The van der Waals surface area contributed by atoms with E-state index < -0.39 is 0 Å². The molecule has 0 radical (unpaired) electrons. The molecule has 2 rings (SSSR count). The maximum absolute atomic E-state index is 11.9. The van der Waals surface area contributed by atoms with Crippen LogP contribution in [0.1, 0.15) is 38.1 Å². The maximum Gasteiger partial charge on any atom is 0.315 e. The lowest BCUT2D eigenvalue weighted by Gasteiger charge is -2.14. The monoisotopic (exact) mass is 313 g/mol. The minimum atomic E-state index is -0.217. The molecule has 23 heavy (non-hydrogen) atoms. The number of rotatable bonds is 6. The molecule has 1 atom stereocenters. The van der Waals surface area contributed by atoms with Gasteiger partial charge in [0.1, 0.15) is 5.75 Å². The molecule has 1 heterocycles. The molecule has 0 aliphatic rings. The summed E-state index contributed by atoms with van der Waals surface area (Å²) >= 11 is 0. The molecule has 122 valence electrons. The number of pyridine rings is 1. The van der Waals surface area contributed by atoms with Gasteiger partial charge in [-0.05, 0) is 50.6 Å². The van der Waals surface area contributed by atoms with Crippen LogP contribution >= 0.6 is 0 Å². The van der Waals surface area contributed by atoms with Gasteiger partial charge < -0.3 is 15.4 Å². The summed E-state index contributed by atoms with van der Waals surface area (Å²) in [5.41, 5.74) is 1.85. The molecule has 5 heteroatoms. The van der Waals surface area contributed by atoms with E-state index >= 15 is 0 Å². The van der Waals surface area contributed by atoms with Crippen molar-refractivity contribution in [1.82, 2.24) is 15.6 Å². The summed E-state index contributed by atoms with van der Waals surface area (Å²) in [7, 11) is 0. The van der Waals surface area contributed by atoms with Crippen LogP contribution in [0, 0.1) is 0 Å². The van der Waals surface area contributed by atoms with E-state index in [1.54, 1.807) is 6.20 Å². The maximum atomic E-state index is 11.9. The summed E-state index contributed by atoms with van der Waals surface area (Å²) in [4.78, 5) is 16.2. The Morgan fingerprint density at radius 3 is 2.48 bits per heavy atom. The van der Waals surface area contributed by atoms with Gasteiger partial charge in [-0.1, -0.05) is 18.2 Å². The number of hydrogen-bond donors (Lipinski definition) is 2. The van der Waals surface area contributed by atoms with Crippen LogP contribution in [-0.2, 0) is 6.54 Å². The number of aromatic nitrogens is 1. The number of urea groups is 1. The Balaban J connectivity index is 1.80. The molecule has 2 amide bonds. The summed E-state index contributed by atoms with van der Waals surface area (Å²) in [6.07, 6.45) is 1.87. The Morgan fingerprint density at radius 1 is 1.13 bits per heavy atom. The first kappa shape index (κ1) is 16.8. The van der Waals surface area contributed by atoms with E-state index in [9.17, 15) is 4.79 Å². The number of carbonyl (C=O) groups is 1. The Morgan fingerprint density at radius 2 is 1.87 bits per heavy atom. The first-order valence-electron chi connectivity index (χ1n) is 7.75. The highest BCUT2D eigenvalue weighted by Gasteiger charge is 2.09. The van der Waals surface area contributed by atoms with Crippen molar-refractivity contribution in [2.45, 2.75) is 39.5 Å². The van der Waals surface area contributed by atoms with Crippen molar-refractivity contribution < 1.29 is 9.53 Å². The third-order valence-electron chi connectivity index (χ3n) is 3.23. The van der Waals surface area contributed by atoms with Gasteiger partial charge in [0.15, 0.2) is 0 Å². The van der Waals surface area contributed by atoms with Crippen LogP contribution in [0.5, 0.6) is 5.75 Å². The molecule has 0 aliphatic carbocycles. The molecular weight excluding hydrogens is 290 g/mol. The first-order chi connectivity index (χ1) is 11.0. The van der Waals surface area contributed by atoms with E-state index in [4.69, 9.17) is 4.74 Å². The minimum Gasteiger partial charge on any atom is -0.491 e. The van der Waals surface area contributed by atoms with Crippen LogP contribution in [0.25, 0.3) is 0 Å². The van der Waals surface area contributed by atoms with E-state index in [0.29, 0.717) is 6.54 Å². The Bertz CT molecular complexity index is 612. The third-order valence-corrected chi connectivity index (χ3v) is 3.23. The quantitative estimate of drug-likeness (QED) is 0.859. The van der Waals surface area contributed by atoms with Gasteiger partial charge in [-0.15, -0.1) is 0 Å². The highest BCUT2D eigenvalue weighted by Crippen LogP contribution is 2.13. The van der Waals surface area contributed by atoms with Gasteiger partial charge in [0.05, 0.1) is 17.8 Å². The summed E-state index contributed by atoms with van der Waals surface area (Å²) in [6.45, 7) is 6.34. The summed E-state index contributed by atoms with van der Waals surface area (Å²) in [6, 6.07) is 13.0. The second-order valence-electron chi connectivity index (χ2n) is 5.61. The highest BCUT2D eigenvalue weighted by molar-refractivity contribution is 5.74. The van der Waals surface area contributed by atoms with E-state index in [2.05, 4.69) is 15.6 Å². The van der Waals surface area contributed by atoms with Crippen molar-refractivity contribution in [2.24, 2.45) is 0 Å². The zero-order valence-corrected chi connectivity index (χ0v) is 13.7. The van der Waals surface area contributed by atoms with Gasteiger partial charge in [0.2, 0.25) is 0 Å². The topological polar surface area (TPSA) is 63.2 Å². The molecule has 1 aromatic carbocycles. The van der Waals surface area contributed by atoms with Gasteiger partial charge in [-0.2, -0.15) is 0 Å². The molecule has 0 saturated carbocycles. The molecule has 0 unspecified atom stereocenters. The molecule has 5 nitrogen and oxygen atoms in total. The Hall–Kier alpha value is -2.56. The smallest absolute Gasteiger partial charge is 0.315 e. The zero-order chi connectivity index (χ0) is 16.7. The molecule has 0 bridgehead atoms. The SMILES string of the molecule is CC(C)Oc1ccc(CNC(=O)N[C@H](C)c2ccccn2)cc1. The second kappa shape index (κ2) is 8.17. The number of nitrogens with zero attached hydrogens (tertiary/aromatic N) is 1. The number of amides is 2. The van der Waals surface area contributed by atoms with Gasteiger partial charge in [0, 0.05) is 12.7 Å². The van der Waals surface area contributed by atoms with E-state index in [1.165, 1.54) is 0 Å². The van der Waals surface area contributed by atoms with Crippen LogP contribution in [0.4, 0.5) is 4.79 Å². The number of carbonyl (C=O) groups excluding carboxylic acids is 1. The predicted octanol–water partition coefficient (Wildman–Crippen LogP) is 3.43. The van der Waals surface area contributed by atoms with Crippen LogP contribution in [0.2, 0.25) is 0 Å². The van der Waals surface area contributed by atoms with Gasteiger partial charge in [-0.25, -0.2) is 4.79 Å². The Labute approximate surface area is 137 Å². The molecule has 0 saturated heterocycles. The average molecular weight is 313 g/mol. The van der Waals surface area contributed by atoms with E-state index in [1.807, 2.05) is 63.2 Å². The van der Waals surface area contributed by atoms with Gasteiger partial charge in [-0.3, -0.25) is 4.98 Å². The second-order valence-corrected chi connectivity index (χ2v) is 5.61. The van der Waals surface area contributed by atoms with Crippen LogP contribution in [0.3, 0.4) is 0 Å². The van der Waals surface area contributed by atoms with Crippen molar-refractivity contribution in [1.29, 1.82) is 0 Å². The van der Waals surface area contributed by atoms with Gasteiger partial charge in [0.25, 0.3) is 0 Å². The summed E-state index contributed by atoms with van der Waals surface area (Å²) in [5, 5.41) is 5.71. The largest absolute Gasteiger partial charge is 0.491 e. The molecule has 2 N–H and O–H groups in total. The molecule has 0 spiro atoms. The van der Waals surface area contributed by atoms with E-state index in [-0.39, 0.29) is 18.2 Å². The van der Waals surface area contributed by atoms with Crippen molar-refractivity contribution in [3.63, 3.8) is 0 Å². The van der Waals surface area contributed by atoms with Crippen molar-refractivity contribution in [3.8, 4) is 5.75 Å². The van der Waals surface area contributed by atoms with Crippen LogP contribution in [0.15, 0.2) is 48.7 Å². The lowest BCUT2D eigenvalue weighted by atomic mass is 10.2. The standard InChI is InChI=1S/C18H23N3O2/c1-13(2)23-16-9-7-15(8-10-16)12-20-18(22)21-14(3)17-6-4-5-11-19-17/h4-11,13-14H,12H2,1-3H3,(H2,20,21,22)/t14-/m1/s1. The minimum absolute atomic E-state index is 0.141. The van der Waals surface area contributed by atoms with Crippen molar-refractivity contribution in [2.75, 3.05) is 0 Å². The van der Waals surface area contributed by atoms with Crippen LogP contribution in [-0.4, -0.2) is 17.1 Å². The fourth-order valence-electron chi connectivity index (χ4n) is 2.09. The normalized spacial score (nSPS) is 11.8. The van der Waals surface area contributed by atoms with Crippen molar-refractivity contribution >= 4 is 6.03 Å². The molecule has 0 fully saturated rings. The molecule has 2 aromatic rings. The van der Waals surface area contributed by atoms with Crippen molar-refractivity contribution in [3.05, 3.63) is 59.9 Å². The number of hydrogen-bond acceptors (Lipinski definition) is 3. The lowest BCUT2D eigenvalue weighted by molar-refractivity contribution is 0.237. The first-order valence-corrected chi connectivity index (χ1v) is 7.75. The Kier molecular flexibility index (Phi) is 5.97. The zero-order valence-electron chi connectivity index (χ0n) is 13.7. The highest BCUT2D eigenvalue weighted by atomic mass is 16.5.